The number of benzene rings is 1. The lowest BCUT2D eigenvalue weighted by atomic mass is 9.99. The van der Waals surface area contributed by atoms with Gasteiger partial charge in [-0.1, -0.05) is 31.2 Å². The molecule has 2 rings (SSSR count). The predicted octanol–water partition coefficient (Wildman–Crippen LogP) is 4.79. The lowest BCUT2D eigenvalue weighted by molar-refractivity contribution is -0.200. The molecular formula is C15H16F3NO2S. The van der Waals surface area contributed by atoms with E-state index in [9.17, 15) is 18.0 Å². The van der Waals surface area contributed by atoms with E-state index in [1.54, 1.807) is 18.3 Å². The third kappa shape index (κ3) is 4.57. The highest BCUT2D eigenvalue weighted by molar-refractivity contribution is 7.08. The van der Waals surface area contributed by atoms with Crippen LogP contribution in [0.1, 0.15) is 18.4 Å². The fourth-order valence-corrected chi connectivity index (χ4v) is 2.48. The van der Waals surface area contributed by atoms with Crippen LogP contribution in [0.15, 0.2) is 41.1 Å². The molecule has 120 valence electrons. The van der Waals surface area contributed by atoms with Gasteiger partial charge in [-0.25, -0.2) is 4.79 Å². The molecule has 0 amide bonds. The van der Waals surface area contributed by atoms with Crippen molar-refractivity contribution in [1.82, 2.24) is 6.15 Å². The molecule has 0 aliphatic rings. The standard InChI is InChI=1S/C15H13F3O2S.H3N/c1-10(8-20-14(19)15(16,17)18)11-2-4-12(5-3-11)13-6-7-21-9-13;/h2-7,9-10H,8H2,1H3;1H3. The number of ether oxygens (including phenoxy) is 1. The molecular weight excluding hydrogens is 315 g/mol. The van der Waals surface area contributed by atoms with E-state index in [4.69, 9.17) is 0 Å². The van der Waals surface area contributed by atoms with E-state index < -0.39 is 12.1 Å². The molecule has 0 bridgehead atoms. The molecule has 1 aromatic carbocycles. The van der Waals surface area contributed by atoms with Crippen molar-refractivity contribution in [2.75, 3.05) is 6.61 Å². The highest BCUT2D eigenvalue weighted by Crippen LogP contribution is 2.25. The van der Waals surface area contributed by atoms with Crippen LogP contribution in [-0.4, -0.2) is 18.8 Å². The fraction of sp³-hybridized carbons (Fsp3) is 0.267. The Morgan fingerprint density at radius 2 is 1.82 bits per heavy atom. The Morgan fingerprint density at radius 3 is 2.32 bits per heavy atom. The summed E-state index contributed by atoms with van der Waals surface area (Å²) in [5, 5.41) is 3.99. The van der Waals surface area contributed by atoms with Gasteiger partial charge in [0.05, 0.1) is 6.61 Å². The Bertz CT molecular complexity index is 594. The van der Waals surface area contributed by atoms with Crippen LogP contribution in [-0.2, 0) is 9.53 Å². The Balaban J connectivity index is 0.00000242. The number of thiophene rings is 1. The molecule has 0 aliphatic carbocycles. The van der Waals surface area contributed by atoms with Gasteiger partial charge in [-0.3, -0.25) is 0 Å². The van der Waals surface area contributed by atoms with Crippen molar-refractivity contribution in [1.29, 1.82) is 0 Å². The lowest BCUT2D eigenvalue weighted by Gasteiger charge is -2.14. The molecule has 0 aliphatic heterocycles. The van der Waals surface area contributed by atoms with Crippen molar-refractivity contribution in [2.24, 2.45) is 0 Å². The van der Waals surface area contributed by atoms with Crippen LogP contribution in [0.4, 0.5) is 13.2 Å². The van der Waals surface area contributed by atoms with Gasteiger partial charge < -0.3 is 10.9 Å². The molecule has 0 spiro atoms. The predicted molar refractivity (Wildman–Crippen MR) is 80.2 cm³/mol. The van der Waals surface area contributed by atoms with Gasteiger partial charge in [0.25, 0.3) is 0 Å². The van der Waals surface area contributed by atoms with E-state index >= 15 is 0 Å². The van der Waals surface area contributed by atoms with Crippen molar-refractivity contribution in [3.05, 3.63) is 46.7 Å². The van der Waals surface area contributed by atoms with Gasteiger partial charge in [-0.2, -0.15) is 24.5 Å². The summed E-state index contributed by atoms with van der Waals surface area (Å²) < 4.78 is 40.4. The van der Waals surface area contributed by atoms with Crippen molar-refractivity contribution in [3.63, 3.8) is 0 Å². The molecule has 7 heteroatoms. The maximum absolute atomic E-state index is 12.0. The zero-order valence-corrected chi connectivity index (χ0v) is 12.7. The second-order valence-electron chi connectivity index (χ2n) is 4.63. The van der Waals surface area contributed by atoms with Crippen LogP contribution in [0.3, 0.4) is 0 Å². The number of hydrogen-bond acceptors (Lipinski definition) is 4. The number of carbonyl (C=O) groups is 1. The fourth-order valence-electron chi connectivity index (χ4n) is 1.81. The third-order valence-corrected chi connectivity index (χ3v) is 3.71. The quantitative estimate of drug-likeness (QED) is 0.820. The number of halogens is 3. The Kier molecular flexibility index (Phi) is 6.13. The lowest BCUT2D eigenvalue weighted by Crippen LogP contribution is -2.26. The monoisotopic (exact) mass is 331 g/mol. The van der Waals surface area contributed by atoms with E-state index in [1.807, 2.05) is 41.1 Å². The van der Waals surface area contributed by atoms with Gasteiger partial charge in [0.1, 0.15) is 0 Å². The Hall–Kier alpha value is -1.86. The van der Waals surface area contributed by atoms with Crippen LogP contribution in [0.2, 0.25) is 0 Å². The minimum atomic E-state index is -4.94. The van der Waals surface area contributed by atoms with E-state index in [2.05, 4.69) is 4.74 Å². The minimum Gasteiger partial charge on any atom is -0.458 e. The molecule has 0 fully saturated rings. The Morgan fingerprint density at radius 1 is 1.18 bits per heavy atom. The first-order valence-corrected chi connectivity index (χ1v) is 7.18. The van der Waals surface area contributed by atoms with Gasteiger partial charge >= 0.3 is 12.1 Å². The van der Waals surface area contributed by atoms with Gasteiger partial charge in [0.15, 0.2) is 0 Å². The SMILES string of the molecule is CC(COC(=O)C(F)(F)F)c1ccc(-c2ccsc2)cc1.N. The van der Waals surface area contributed by atoms with E-state index in [0.717, 1.165) is 16.7 Å². The third-order valence-electron chi connectivity index (χ3n) is 3.03. The van der Waals surface area contributed by atoms with E-state index in [0.29, 0.717) is 0 Å². The average molecular weight is 331 g/mol. The van der Waals surface area contributed by atoms with Crippen LogP contribution >= 0.6 is 11.3 Å². The van der Waals surface area contributed by atoms with E-state index in [-0.39, 0.29) is 18.7 Å². The number of alkyl halides is 3. The maximum Gasteiger partial charge on any atom is 0.490 e. The summed E-state index contributed by atoms with van der Waals surface area (Å²) >= 11 is 1.59. The number of rotatable bonds is 4. The summed E-state index contributed by atoms with van der Waals surface area (Å²) in [5.41, 5.74) is 2.96. The molecule has 1 heterocycles. The largest absolute Gasteiger partial charge is 0.490 e. The summed E-state index contributed by atoms with van der Waals surface area (Å²) in [4.78, 5) is 10.7. The topological polar surface area (TPSA) is 61.3 Å². The highest BCUT2D eigenvalue weighted by Gasteiger charge is 2.41. The second kappa shape index (κ2) is 7.42. The molecule has 1 aromatic heterocycles. The zero-order chi connectivity index (χ0) is 15.5. The first-order valence-electron chi connectivity index (χ1n) is 6.24. The first kappa shape index (κ1) is 18.2. The maximum atomic E-state index is 12.0. The molecule has 2 aromatic rings. The zero-order valence-electron chi connectivity index (χ0n) is 11.9. The van der Waals surface area contributed by atoms with Crippen LogP contribution in [0.5, 0.6) is 0 Å². The summed E-state index contributed by atoms with van der Waals surface area (Å²) in [6, 6.07) is 9.46. The smallest absolute Gasteiger partial charge is 0.458 e. The van der Waals surface area contributed by atoms with Gasteiger partial charge in [-0.15, -0.1) is 0 Å². The summed E-state index contributed by atoms with van der Waals surface area (Å²) in [5.74, 6) is -2.45. The minimum absolute atomic E-state index is 0. The second-order valence-corrected chi connectivity index (χ2v) is 5.41. The Labute approximate surface area is 130 Å². The van der Waals surface area contributed by atoms with Crippen LogP contribution in [0.25, 0.3) is 11.1 Å². The molecule has 0 saturated carbocycles. The number of carbonyl (C=O) groups excluding carboxylic acids is 1. The van der Waals surface area contributed by atoms with Crippen molar-refractivity contribution < 1.29 is 22.7 Å². The van der Waals surface area contributed by atoms with Crippen molar-refractivity contribution >= 4 is 17.3 Å². The summed E-state index contributed by atoms with van der Waals surface area (Å²) in [7, 11) is 0. The van der Waals surface area contributed by atoms with Crippen molar-refractivity contribution in [3.8, 4) is 11.1 Å². The van der Waals surface area contributed by atoms with Gasteiger partial charge in [0.2, 0.25) is 0 Å². The first-order chi connectivity index (χ1) is 9.88. The molecule has 0 saturated heterocycles. The number of esters is 1. The molecule has 1 atom stereocenters. The molecule has 3 N–H and O–H groups in total. The van der Waals surface area contributed by atoms with Crippen LogP contribution < -0.4 is 6.15 Å². The average Bonchev–Trinajstić information content (AvgIpc) is 2.97. The molecule has 1 unspecified atom stereocenters. The van der Waals surface area contributed by atoms with E-state index in [1.165, 1.54) is 0 Å². The molecule has 0 radical (unpaired) electrons. The molecule has 22 heavy (non-hydrogen) atoms. The van der Waals surface area contributed by atoms with Crippen molar-refractivity contribution in [2.45, 2.75) is 19.0 Å². The van der Waals surface area contributed by atoms with Crippen LogP contribution in [0, 0.1) is 0 Å². The number of hydrogen-bond donors (Lipinski definition) is 1. The normalized spacial score (nSPS) is 12.4. The molecule has 3 nitrogen and oxygen atoms in total. The van der Waals surface area contributed by atoms with Gasteiger partial charge in [-0.05, 0) is 33.5 Å². The van der Waals surface area contributed by atoms with Gasteiger partial charge in [0, 0.05) is 5.92 Å². The highest BCUT2D eigenvalue weighted by atomic mass is 32.1. The summed E-state index contributed by atoms with van der Waals surface area (Å²) in [6.07, 6.45) is -4.94. The summed E-state index contributed by atoms with van der Waals surface area (Å²) in [6.45, 7) is 1.42.